The van der Waals surface area contributed by atoms with Gasteiger partial charge in [-0.2, -0.15) is 0 Å². The number of carbonyl (C=O) groups is 2. The monoisotopic (exact) mass is 232 g/mol. The van der Waals surface area contributed by atoms with Crippen LogP contribution >= 0.6 is 0 Å². The molecule has 1 aromatic carbocycles. The normalized spacial score (nSPS) is 12.3. The largest absolute Gasteiger partial charge is 0.545 e. The highest BCUT2D eigenvalue weighted by Crippen LogP contribution is 2.02. The van der Waals surface area contributed by atoms with Crippen molar-refractivity contribution >= 4 is 11.9 Å². The number of aliphatic carboxylic acids is 1. The molecule has 0 saturated carbocycles. The number of nitrogens with one attached hydrogen (secondary N) is 1. The number of hydrogen-bond donors (Lipinski definition) is 1. The fourth-order valence-corrected chi connectivity index (χ4v) is 1.45. The van der Waals surface area contributed by atoms with Crippen LogP contribution in [-0.2, 0) is 16.0 Å². The zero-order chi connectivity index (χ0) is 12.7. The molecule has 17 heavy (non-hydrogen) atoms. The van der Waals surface area contributed by atoms with Crippen molar-refractivity contribution in [2.24, 2.45) is 0 Å². The van der Waals surface area contributed by atoms with Crippen LogP contribution < -0.4 is 10.4 Å². The third-order valence-corrected chi connectivity index (χ3v) is 2.14. The summed E-state index contributed by atoms with van der Waals surface area (Å²) in [7, 11) is 0. The van der Waals surface area contributed by atoms with Crippen molar-refractivity contribution in [1.29, 1.82) is 0 Å². The third-order valence-electron chi connectivity index (χ3n) is 2.14. The van der Waals surface area contributed by atoms with Crippen LogP contribution in [0.4, 0.5) is 0 Å². The summed E-state index contributed by atoms with van der Waals surface area (Å²) in [5.74, 6) is -1.81. The lowest BCUT2D eigenvalue weighted by Crippen LogP contribution is -2.33. The number of amides is 1. The Kier molecular flexibility index (Phi) is 4.94. The molecule has 0 aromatic heterocycles. The minimum atomic E-state index is -1.38. The molecule has 1 aromatic rings. The first-order chi connectivity index (χ1) is 8.08. The summed E-state index contributed by atoms with van der Waals surface area (Å²) in [6.45, 7) is 1.86. The lowest BCUT2D eigenvalue weighted by atomic mass is 10.1. The maximum Gasteiger partial charge on any atom is 0.244 e. The third kappa shape index (κ3) is 5.51. The molecule has 4 heteroatoms. The average molecular weight is 232 g/mol. The van der Waals surface area contributed by atoms with Crippen molar-refractivity contribution in [2.75, 3.05) is 0 Å². The number of rotatable bonds is 5. The Morgan fingerprint density at radius 3 is 2.53 bits per heavy atom. The second kappa shape index (κ2) is 6.48. The molecule has 1 atom stereocenters. The van der Waals surface area contributed by atoms with Crippen molar-refractivity contribution in [1.82, 2.24) is 5.32 Å². The van der Waals surface area contributed by atoms with Crippen molar-refractivity contribution in [3.05, 3.63) is 48.0 Å². The molecular weight excluding hydrogens is 218 g/mol. The fourth-order valence-electron chi connectivity index (χ4n) is 1.45. The van der Waals surface area contributed by atoms with Crippen molar-refractivity contribution in [3.8, 4) is 0 Å². The average Bonchev–Trinajstić information content (AvgIpc) is 2.27. The van der Waals surface area contributed by atoms with Crippen LogP contribution in [0.15, 0.2) is 42.5 Å². The predicted octanol–water partition coefficient (Wildman–Crippen LogP) is 0.0399. The molecule has 4 nitrogen and oxygen atoms in total. The zero-order valence-corrected chi connectivity index (χ0v) is 9.55. The molecule has 1 N–H and O–H groups in total. The highest BCUT2D eigenvalue weighted by atomic mass is 16.4. The lowest BCUT2D eigenvalue weighted by molar-refractivity contribution is -0.297. The zero-order valence-electron chi connectivity index (χ0n) is 9.55. The molecule has 0 spiro atoms. The SMILES string of the molecule is C[C@@H](Cc1ccccc1)NC(=O)/C=C/C(=O)[O-]. The van der Waals surface area contributed by atoms with E-state index < -0.39 is 11.9 Å². The van der Waals surface area contributed by atoms with Gasteiger partial charge in [0.15, 0.2) is 0 Å². The van der Waals surface area contributed by atoms with Crippen LogP contribution in [0.1, 0.15) is 12.5 Å². The van der Waals surface area contributed by atoms with Gasteiger partial charge >= 0.3 is 0 Å². The number of carboxylic acids is 1. The minimum Gasteiger partial charge on any atom is -0.545 e. The second-order valence-corrected chi connectivity index (χ2v) is 3.75. The van der Waals surface area contributed by atoms with Gasteiger partial charge in [-0.1, -0.05) is 30.3 Å². The molecule has 0 fully saturated rings. The van der Waals surface area contributed by atoms with Crippen LogP contribution in [-0.4, -0.2) is 17.9 Å². The van der Waals surface area contributed by atoms with Gasteiger partial charge in [0.05, 0.1) is 5.97 Å². The van der Waals surface area contributed by atoms with Crippen LogP contribution in [0, 0.1) is 0 Å². The van der Waals surface area contributed by atoms with Gasteiger partial charge in [0.25, 0.3) is 0 Å². The van der Waals surface area contributed by atoms with Crippen molar-refractivity contribution < 1.29 is 14.7 Å². The molecule has 1 amide bonds. The Hall–Kier alpha value is -2.10. The first kappa shape index (κ1) is 13.0. The van der Waals surface area contributed by atoms with Gasteiger partial charge in [-0.3, -0.25) is 4.79 Å². The fraction of sp³-hybridized carbons (Fsp3) is 0.231. The molecule has 0 bridgehead atoms. The van der Waals surface area contributed by atoms with Crippen LogP contribution in [0.25, 0.3) is 0 Å². The first-order valence-electron chi connectivity index (χ1n) is 5.31. The van der Waals surface area contributed by atoms with E-state index in [0.717, 1.165) is 11.6 Å². The summed E-state index contributed by atoms with van der Waals surface area (Å²) in [5, 5.41) is 12.8. The Morgan fingerprint density at radius 1 is 1.29 bits per heavy atom. The summed E-state index contributed by atoms with van der Waals surface area (Å²) in [4.78, 5) is 21.4. The van der Waals surface area contributed by atoms with Gasteiger partial charge in [-0.15, -0.1) is 0 Å². The summed E-state index contributed by atoms with van der Waals surface area (Å²) in [5.41, 5.74) is 1.11. The lowest BCUT2D eigenvalue weighted by Gasteiger charge is -2.12. The highest BCUT2D eigenvalue weighted by molar-refractivity contribution is 5.93. The summed E-state index contributed by atoms with van der Waals surface area (Å²) in [6.07, 6.45) is 2.37. The van der Waals surface area contributed by atoms with Crippen LogP contribution in [0.5, 0.6) is 0 Å². The second-order valence-electron chi connectivity index (χ2n) is 3.75. The number of hydrogen-bond acceptors (Lipinski definition) is 3. The Bertz CT molecular complexity index is 412. The van der Waals surface area contributed by atoms with Gasteiger partial charge in [-0.25, -0.2) is 0 Å². The number of carboxylic acid groups (broad SMARTS) is 1. The van der Waals surface area contributed by atoms with Gasteiger partial charge in [0, 0.05) is 12.1 Å². The van der Waals surface area contributed by atoms with Gasteiger partial charge in [0.2, 0.25) is 5.91 Å². The number of benzene rings is 1. The Morgan fingerprint density at radius 2 is 1.94 bits per heavy atom. The maximum atomic E-state index is 11.3. The van der Waals surface area contributed by atoms with E-state index in [1.54, 1.807) is 0 Å². The van der Waals surface area contributed by atoms with Crippen molar-refractivity contribution in [2.45, 2.75) is 19.4 Å². The van der Waals surface area contributed by atoms with E-state index in [4.69, 9.17) is 0 Å². The van der Waals surface area contributed by atoms with Gasteiger partial charge in [-0.05, 0) is 25.0 Å². The Labute approximate surface area is 100.0 Å². The van der Waals surface area contributed by atoms with E-state index >= 15 is 0 Å². The summed E-state index contributed by atoms with van der Waals surface area (Å²) >= 11 is 0. The molecule has 0 unspecified atom stereocenters. The molecule has 0 heterocycles. The molecule has 0 aliphatic heterocycles. The van der Waals surface area contributed by atoms with E-state index in [-0.39, 0.29) is 6.04 Å². The molecule has 0 saturated heterocycles. The molecule has 1 rings (SSSR count). The van der Waals surface area contributed by atoms with E-state index in [0.29, 0.717) is 12.5 Å². The molecule has 90 valence electrons. The number of carbonyl (C=O) groups excluding carboxylic acids is 2. The van der Waals surface area contributed by atoms with Gasteiger partial charge < -0.3 is 15.2 Å². The molecule has 0 aliphatic rings. The van der Waals surface area contributed by atoms with E-state index in [2.05, 4.69) is 5.32 Å². The predicted molar refractivity (Wildman–Crippen MR) is 61.9 cm³/mol. The molecular formula is C13H14NO3-. The Balaban J connectivity index is 2.42. The molecule has 0 radical (unpaired) electrons. The van der Waals surface area contributed by atoms with Crippen LogP contribution in [0.3, 0.4) is 0 Å². The molecule has 0 aliphatic carbocycles. The summed E-state index contributed by atoms with van der Waals surface area (Å²) < 4.78 is 0. The topological polar surface area (TPSA) is 69.2 Å². The van der Waals surface area contributed by atoms with E-state index in [9.17, 15) is 14.7 Å². The smallest absolute Gasteiger partial charge is 0.244 e. The summed E-state index contributed by atoms with van der Waals surface area (Å²) in [6, 6.07) is 9.67. The first-order valence-corrected chi connectivity index (χ1v) is 5.31. The quantitative estimate of drug-likeness (QED) is 0.729. The van der Waals surface area contributed by atoms with E-state index in [1.807, 2.05) is 37.3 Å². The standard InChI is InChI=1S/C13H15NO3/c1-10(9-11-5-3-2-4-6-11)14-12(15)7-8-13(16)17/h2-8,10H,9H2,1H3,(H,14,15)(H,16,17)/p-1/b8-7+/t10-/m0/s1. The van der Waals surface area contributed by atoms with E-state index in [1.165, 1.54) is 0 Å². The minimum absolute atomic E-state index is 0.0590. The van der Waals surface area contributed by atoms with Gasteiger partial charge in [0.1, 0.15) is 0 Å². The maximum absolute atomic E-state index is 11.3. The van der Waals surface area contributed by atoms with Crippen molar-refractivity contribution in [3.63, 3.8) is 0 Å². The van der Waals surface area contributed by atoms with Crippen LogP contribution in [0.2, 0.25) is 0 Å². The highest BCUT2D eigenvalue weighted by Gasteiger charge is 2.05.